The maximum Gasteiger partial charge on any atom is 0.149 e. The van der Waals surface area contributed by atoms with Crippen LogP contribution in [0.2, 0.25) is 0 Å². The summed E-state index contributed by atoms with van der Waals surface area (Å²) in [7, 11) is 0. The molecule has 91 valence electrons. The van der Waals surface area contributed by atoms with Gasteiger partial charge in [0.2, 0.25) is 0 Å². The Bertz CT molecular complexity index is 517. The summed E-state index contributed by atoms with van der Waals surface area (Å²) in [6, 6.07) is 18.8. The quantitative estimate of drug-likeness (QED) is 0.812. The number of nitrogens with zero attached hydrogens (tertiary/aromatic N) is 1. The van der Waals surface area contributed by atoms with E-state index in [4.69, 9.17) is 0 Å². The third-order valence-corrected chi connectivity index (χ3v) is 2.74. The standard InChI is InChI=1S/C16H16NO/c1-13-8-10-16(11-9-13)17(12-14(2)18)15-6-4-3-5-7-15/h4-11H,12H2,1-2H3. The first-order chi connectivity index (χ1) is 8.66. The Morgan fingerprint density at radius 3 is 2.17 bits per heavy atom. The normalized spacial score (nSPS) is 10.1. The predicted octanol–water partition coefficient (Wildman–Crippen LogP) is 3.52. The molecule has 2 aromatic rings. The average molecular weight is 238 g/mol. The number of anilines is 2. The minimum atomic E-state index is 0.142. The van der Waals surface area contributed by atoms with Crippen molar-refractivity contribution >= 4 is 17.2 Å². The van der Waals surface area contributed by atoms with Crippen LogP contribution >= 0.6 is 0 Å². The molecular weight excluding hydrogens is 222 g/mol. The Balaban J connectivity index is 2.36. The van der Waals surface area contributed by atoms with Crippen LogP contribution < -0.4 is 4.90 Å². The largest absolute Gasteiger partial charge is 0.334 e. The molecule has 1 radical (unpaired) electrons. The van der Waals surface area contributed by atoms with Crippen LogP contribution in [-0.2, 0) is 4.79 Å². The van der Waals surface area contributed by atoms with Gasteiger partial charge in [-0.2, -0.15) is 0 Å². The monoisotopic (exact) mass is 238 g/mol. The Hall–Kier alpha value is -2.09. The van der Waals surface area contributed by atoms with Crippen molar-refractivity contribution in [3.63, 3.8) is 0 Å². The number of rotatable bonds is 4. The first-order valence-corrected chi connectivity index (χ1v) is 5.96. The third kappa shape index (κ3) is 2.98. The number of aryl methyl sites for hydroxylation is 1. The first-order valence-electron chi connectivity index (χ1n) is 5.96. The first kappa shape index (κ1) is 12.4. The summed E-state index contributed by atoms with van der Waals surface area (Å²) in [6.07, 6.45) is 0. The Labute approximate surface area is 108 Å². The van der Waals surface area contributed by atoms with Crippen molar-refractivity contribution in [3.8, 4) is 0 Å². The van der Waals surface area contributed by atoms with Crippen LogP contribution in [0.15, 0.2) is 48.5 Å². The lowest BCUT2D eigenvalue weighted by atomic mass is 10.2. The third-order valence-electron chi connectivity index (χ3n) is 2.74. The van der Waals surface area contributed by atoms with Crippen LogP contribution in [0.4, 0.5) is 11.4 Å². The molecule has 0 saturated carbocycles. The molecule has 0 aliphatic carbocycles. The fraction of sp³-hybridized carbons (Fsp3) is 0.188. The summed E-state index contributed by atoms with van der Waals surface area (Å²) in [5.74, 6) is 0.142. The number of carbonyl (C=O) groups excluding carboxylic acids is 1. The van der Waals surface area contributed by atoms with E-state index in [0.717, 1.165) is 11.4 Å². The minimum absolute atomic E-state index is 0.142. The van der Waals surface area contributed by atoms with E-state index in [1.54, 1.807) is 6.92 Å². The summed E-state index contributed by atoms with van der Waals surface area (Å²) in [6.45, 7) is 4.04. The molecule has 0 aliphatic heterocycles. The van der Waals surface area contributed by atoms with Gasteiger partial charge in [0.25, 0.3) is 0 Å². The highest BCUT2D eigenvalue weighted by molar-refractivity contribution is 5.84. The summed E-state index contributed by atoms with van der Waals surface area (Å²) in [5, 5.41) is 0. The van der Waals surface area contributed by atoms with Gasteiger partial charge in [-0.25, -0.2) is 0 Å². The zero-order valence-electron chi connectivity index (χ0n) is 10.7. The highest BCUT2D eigenvalue weighted by atomic mass is 16.1. The summed E-state index contributed by atoms with van der Waals surface area (Å²) >= 11 is 0. The van der Waals surface area contributed by atoms with Gasteiger partial charge in [-0.15, -0.1) is 0 Å². The Kier molecular flexibility index (Phi) is 3.78. The fourth-order valence-electron chi connectivity index (χ4n) is 1.84. The van der Waals surface area contributed by atoms with Crippen molar-refractivity contribution in [2.45, 2.75) is 13.8 Å². The van der Waals surface area contributed by atoms with Crippen molar-refractivity contribution in [2.24, 2.45) is 0 Å². The van der Waals surface area contributed by atoms with Gasteiger partial charge < -0.3 is 4.90 Å². The van der Waals surface area contributed by atoms with Crippen LogP contribution in [0.5, 0.6) is 0 Å². The van der Waals surface area contributed by atoms with Gasteiger partial charge in [0.1, 0.15) is 5.78 Å². The van der Waals surface area contributed by atoms with Gasteiger partial charge in [-0.05, 0) is 44.2 Å². The number of carbonyl (C=O) groups is 1. The number of Topliss-reactive ketones (excluding diaryl/α,β-unsaturated/α-hetero) is 1. The van der Waals surface area contributed by atoms with E-state index in [-0.39, 0.29) is 5.78 Å². The molecule has 0 aliphatic rings. The molecule has 2 aromatic carbocycles. The second-order valence-corrected chi connectivity index (χ2v) is 4.38. The molecular formula is C16H16NO. The van der Waals surface area contributed by atoms with Crippen LogP contribution in [0.3, 0.4) is 0 Å². The maximum atomic E-state index is 11.4. The van der Waals surface area contributed by atoms with Gasteiger partial charge in [-0.1, -0.05) is 29.8 Å². The van der Waals surface area contributed by atoms with Gasteiger partial charge in [0, 0.05) is 11.4 Å². The zero-order valence-corrected chi connectivity index (χ0v) is 10.7. The summed E-state index contributed by atoms with van der Waals surface area (Å²) in [4.78, 5) is 13.4. The lowest BCUT2D eigenvalue weighted by molar-refractivity contribution is -0.115. The Morgan fingerprint density at radius 2 is 1.61 bits per heavy atom. The lowest BCUT2D eigenvalue weighted by Gasteiger charge is -2.23. The predicted molar refractivity (Wildman–Crippen MR) is 74.1 cm³/mol. The van der Waals surface area contributed by atoms with E-state index >= 15 is 0 Å². The number of hydrogen-bond acceptors (Lipinski definition) is 2. The topological polar surface area (TPSA) is 20.3 Å². The molecule has 2 rings (SSSR count). The van der Waals surface area contributed by atoms with E-state index in [9.17, 15) is 4.79 Å². The molecule has 2 heteroatoms. The smallest absolute Gasteiger partial charge is 0.149 e. The molecule has 2 nitrogen and oxygen atoms in total. The molecule has 0 fully saturated rings. The molecule has 0 unspecified atom stereocenters. The van der Waals surface area contributed by atoms with Crippen molar-refractivity contribution in [2.75, 3.05) is 11.4 Å². The van der Waals surface area contributed by atoms with Crippen LogP contribution in [0.1, 0.15) is 12.5 Å². The minimum Gasteiger partial charge on any atom is -0.334 e. The zero-order chi connectivity index (χ0) is 13.0. The van der Waals surface area contributed by atoms with E-state index in [2.05, 4.69) is 25.1 Å². The van der Waals surface area contributed by atoms with Crippen molar-refractivity contribution in [3.05, 3.63) is 60.2 Å². The molecule has 0 heterocycles. The molecule has 0 atom stereocenters. The average Bonchev–Trinajstić information content (AvgIpc) is 2.38. The molecule has 0 aromatic heterocycles. The fourth-order valence-corrected chi connectivity index (χ4v) is 1.84. The Morgan fingerprint density at radius 1 is 1.06 bits per heavy atom. The summed E-state index contributed by atoms with van der Waals surface area (Å²) in [5.41, 5.74) is 3.25. The van der Waals surface area contributed by atoms with Gasteiger partial charge in [0.05, 0.1) is 6.54 Å². The lowest BCUT2D eigenvalue weighted by Crippen LogP contribution is -2.23. The van der Waals surface area contributed by atoms with Crippen LogP contribution in [-0.4, -0.2) is 12.3 Å². The van der Waals surface area contributed by atoms with E-state index in [0.29, 0.717) is 6.54 Å². The van der Waals surface area contributed by atoms with E-state index < -0.39 is 0 Å². The van der Waals surface area contributed by atoms with Crippen LogP contribution in [0, 0.1) is 13.0 Å². The number of ketones is 1. The SMILES string of the molecule is CC(=O)CN(c1cc[c]cc1)c1ccc(C)cc1. The molecule has 18 heavy (non-hydrogen) atoms. The second kappa shape index (κ2) is 5.50. The van der Waals surface area contributed by atoms with Crippen LogP contribution in [0.25, 0.3) is 0 Å². The second-order valence-electron chi connectivity index (χ2n) is 4.38. The molecule has 0 N–H and O–H groups in total. The molecule has 0 saturated heterocycles. The van der Waals surface area contributed by atoms with Crippen molar-refractivity contribution in [1.29, 1.82) is 0 Å². The molecule has 0 amide bonds. The summed E-state index contributed by atoms with van der Waals surface area (Å²) < 4.78 is 0. The molecule has 0 spiro atoms. The maximum absolute atomic E-state index is 11.4. The van der Waals surface area contributed by atoms with Gasteiger partial charge >= 0.3 is 0 Å². The van der Waals surface area contributed by atoms with E-state index in [1.807, 2.05) is 41.3 Å². The van der Waals surface area contributed by atoms with Crippen molar-refractivity contribution < 1.29 is 4.79 Å². The van der Waals surface area contributed by atoms with Gasteiger partial charge in [-0.3, -0.25) is 4.79 Å². The highest BCUT2D eigenvalue weighted by Crippen LogP contribution is 2.24. The molecule has 0 bridgehead atoms. The van der Waals surface area contributed by atoms with Crippen molar-refractivity contribution in [1.82, 2.24) is 0 Å². The number of hydrogen-bond donors (Lipinski definition) is 0. The van der Waals surface area contributed by atoms with E-state index in [1.165, 1.54) is 5.56 Å². The van der Waals surface area contributed by atoms with Gasteiger partial charge in [0.15, 0.2) is 0 Å². The highest BCUT2D eigenvalue weighted by Gasteiger charge is 2.10. The number of benzene rings is 2.